The highest BCUT2D eigenvalue weighted by atomic mass is 16.2. The van der Waals surface area contributed by atoms with Crippen molar-refractivity contribution < 1.29 is 4.79 Å². The first kappa shape index (κ1) is 13.1. The number of amides is 1. The molecule has 6 nitrogen and oxygen atoms in total. The lowest BCUT2D eigenvalue weighted by molar-refractivity contribution is 0.0600. The Bertz CT molecular complexity index is 792. The molecule has 22 heavy (non-hydrogen) atoms. The van der Waals surface area contributed by atoms with Crippen LogP contribution in [-0.4, -0.2) is 36.7 Å². The van der Waals surface area contributed by atoms with Crippen LogP contribution < -0.4 is 0 Å². The minimum absolute atomic E-state index is 0.0368. The first-order chi connectivity index (χ1) is 10.8. The van der Waals surface area contributed by atoms with Crippen molar-refractivity contribution in [2.45, 2.75) is 25.3 Å². The van der Waals surface area contributed by atoms with Gasteiger partial charge in [-0.2, -0.15) is 0 Å². The van der Waals surface area contributed by atoms with Crippen molar-refractivity contribution in [1.29, 1.82) is 0 Å². The topological polar surface area (TPSA) is 66.3 Å². The number of hydrogen-bond donors (Lipinski definition) is 1. The van der Waals surface area contributed by atoms with Crippen molar-refractivity contribution in [3.05, 3.63) is 54.6 Å². The Labute approximate surface area is 127 Å². The Morgan fingerprint density at radius 1 is 1.32 bits per heavy atom. The number of likely N-dealkylation sites (tertiary alicyclic amines) is 1. The molecule has 4 heterocycles. The third-order valence-electron chi connectivity index (χ3n) is 4.25. The van der Waals surface area contributed by atoms with Gasteiger partial charge >= 0.3 is 0 Å². The minimum Gasteiger partial charge on any atom is -0.347 e. The normalized spacial score (nSPS) is 18.7. The van der Waals surface area contributed by atoms with Crippen LogP contribution in [0.5, 0.6) is 0 Å². The van der Waals surface area contributed by atoms with E-state index in [1.807, 2.05) is 33.8 Å². The number of rotatable bonds is 2. The maximum absolute atomic E-state index is 12.9. The average molecular weight is 295 g/mol. The van der Waals surface area contributed by atoms with Crippen molar-refractivity contribution in [2.75, 3.05) is 6.54 Å². The minimum atomic E-state index is 0.0368. The summed E-state index contributed by atoms with van der Waals surface area (Å²) >= 11 is 0. The monoisotopic (exact) mass is 295 g/mol. The van der Waals surface area contributed by atoms with Crippen LogP contribution in [-0.2, 0) is 0 Å². The van der Waals surface area contributed by atoms with Crippen LogP contribution in [0.4, 0.5) is 0 Å². The van der Waals surface area contributed by atoms with E-state index in [1.54, 1.807) is 18.7 Å². The summed E-state index contributed by atoms with van der Waals surface area (Å²) in [6.45, 7) is 0.770. The van der Waals surface area contributed by atoms with E-state index in [1.165, 1.54) is 0 Å². The van der Waals surface area contributed by atoms with Crippen molar-refractivity contribution in [2.24, 2.45) is 0 Å². The molecule has 4 rings (SSSR count). The summed E-state index contributed by atoms with van der Waals surface area (Å²) in [6.07, 6.45) is 12.0. The van der Waals surface area contributed by atoms with E-state index in [2.05, 4.69) is 15.0 Å². The van der Waals surface area contributed by atoms with Crippen molar-refractivity contribution in [1.82, 2.24) is 24.3 Å². The molecular formula is C16H17N5O. The Kier molecular flexibility index (Phi) is 3.14. The molecular weight excluding hydrogens is 278 g/mol. The predicted molar refractivity (Wildman–Crippen MR) is 81.4 cm³/mol. The first-order valence-corrected chi connectivity index (χ1v) is 7.55. The largest absolute Gasteiger partial charge is 0.347 e. The highest BCUT2D eigenvalue weighted by molar-refractivity contribution is 5.94. The van der Waals surface area contributed by atoms with Gasteiger partial charge in [-0.1, -0.05) is 0 Å². The third kappa shape index (κ3) is 2.16. The summed E-state index contributed by atoms with van der Waals surface area (Å²) in [7, 11) is 0. The van der Waals surface area contributed by atoms with E-state index >= 15 is 0 Å². The lowest BCUT2D eigenvalue weighted by Crippen LogP contribution is -2.39. The van der Waals surface area contributed by atoms with Crippen molar-refractivity contribution in [3.8, 4) is 0 Å². The summed E-state index contributed by atoms with van der Waals surface area (Å²) in [6, 6.07) is 3.83. The maximum atomic E-state index is 12.9. The van der Waals surface area contributed by atoms with Gasteiger partial charge in [0.15, 0.2) is 0 Å². The van der Waals surface area contributed by atoms with Gasteiger partial charge in [-0.25, -0.2) is 9.97 Å². The lowest BCUT2D eigenvalue weighted by atomic mass is 10.0. The number of piperidine rings is 1. The van der Waals surface area contributed by atoms with Crippen LogP contribution in [0.25, 0.3) is 5.52 Å². The van der Waals surface area contributed by atoms with E-state index in [-0.39, 0.29) is 11.9 Å². The molecule has 1 N–H and O–H groups in total. The second kappa shape index (κ2) is 5.29. The zero-order chi connectivity index (χ0) is 14.9. The van der Waals surface area contributed by atoms with Gasteiger partial charge in [0.05, 0.1) is 29.6 Å². The Morgan fingerprint density at radius 2 is 2.27 bits per heavy atom. The van der Waals surface area contributed by atoms with Crippen LogP contribution in [0.2, 0.25) is 0 Å². The Morgan fingerprint density at radius 3 is 3.14 bits per heavy atom. The summed E-state index contributed by atoms with van der Waals surface area (Å²) < 4.78 is 1.87. The first-order valence-electron chi connectivity index (χ1n) is 7.55. The second-order valence-electron chi connectivity index (χ2n) is 5.63. The van der Waals surface area contributed by atoms with Gasteiger partial charge in [-0.3, -0.25) is 4.79 Å². The van der Waals surface area contributed by atoms with Gasteiger partial charge in [0, 0.05) is 25.1 Å². The molecule has 1 amide bonds. The Balaban J connectivity index is 1.67. The zero-order valence-electron chi connectivity index (χ0n) is 12.1. The number of carbonyl (C=O) groups is 1. The van der Waals surface area contributed by atoms with Crippen LogP contribution >= 0.6 is 0 Å². The summed E-state index contributed by atoms with van der Waals surface area (Å²) in [5.41, 5.74) is 1.67. The SMILES string of the molecule is O=C(c1ccc2cncn2c1)N1CCCCC1c1ncc[nH]1. The fourth-order valence-corrected chi connectivity index (χ4v) is 3.13. The third-order valence-corrected chi connectivity index (χ3v) is 4.25. The molecule has 1 fully saturated rings. The molecule has 1 atom stereocenters. The van der Waals surface area contributed by atoms with E-state index in [0.717, 1.165) is 37.1 Å². The molecule has 1 unspecified atom stereocenters. The number of pyridine rings is 1. The standard InChI is InChI=1S/C16H17N5O/c22-16(12-4-5-13-9-17-11-20(13)10-12)21-8-2-1-3-14(21)15-18-6-7-19-15/h4-7,9-11,14H,1-3,8H2,(H,18,19). The number of aromatic nitrogens is 4. The molecule has 3 aromatic rings. The van der Waals surface area contributed by atoms with E-state index < -0.39 is 0 Å². The number of aromatic amines is 1. The van der Waals surface area contributed by atoms with Crippen LogP contribution in [0, 0.1) is 0 Å². The molecule has 1 saturated heterocycles. The average Bonchev–Trinajstić information content (AvgIpc) is 3.24. The van der Waals surface area contributed by atoms with Crippen LogP contribution in [0.1, 0.15) is 41.5 Å². The van der Waals surface area contributed by atoms with Gasteiger partial charge < -0.3 is 14.3 Å². The molecule has 0 radical (unpaired) electrons. The maximum Gasteiger partial charge on any atom is 0.255 e. The van der Waals surface area contributed by atoms with Gasteiger partial charge in [0.2, 0.25) is 0 Å². The molecule has 1 aliphatic heterocycles. The van der Waals surface area contributed by atoms with E-state index in [4.69, 9.17) is 0 Å². The number of nitrogens with zero attached hydrogens (tertiary/aromatic N) is 4. The molecule has 0 aromatic carbocycles. The smallest absolute Gasteiger partial charge is 0.255 e. The fourth-order valence-electron chi connectivity index (χ4n) is 3.13. The van der Waals surface area contributed by atoms with Gasteiger partial charge in [0.25, 0.3) is 5.91 Å². The molecule has 6 heteroatoms. The summed E-state index contributed by atoms with van der Waals surface area (Å²) in [4.78, 5) is 26.4. The van der Waals surface area contributed by atoms with Crippen LogP contribution in [0.15, 0.2) is 43.2 Å². The number of H-pyrrole nitrogens is 1. The number of nitrogens with one attached hydrogen (secondary N) is 1. The molecule has 0 bridgehead atoms. The van der Waals surface area contributed by atoms with Gasteiger partial charge in [0.1, 0.15) is 5.82 Å². The lowest BCUT2D eigenvalue weighted by Gasteiger charge is -2.34. The molecule has 3 aromatic heterocycles. The number of carbonyl (C=O) groups excluding carboxylic acids is 1. The number of imidazole rings is 2. The molecule has 0 aliphatic carbocycles. The number of hydrogen-bond acceptors (Lipinski definition) is 3. The van der Waals surface area contributed by atoms with E-state index in [9.17, 15) is 4.79 Å². The quantitative estimate of drug-likeness (QED) is 0.789. The molecule has 112 valence electrons. The summed E-state index contributed by atoms with van der Waals surface area (Å²) in [5.74, 6) is 0.924. The zero-order valence-corrected chi connectivity index (χ0v) is 12.1. The van der Waals surface area contributed by atoms with Crippen molar-refractivity contribution in [3.63, 3.8) is 0 Å². The molecule has 0 spiro atoms. The van der Waals surface area contributed by atoms with E-state index in [0.29, 0.717) is 5.56 Å². The van der Waals surface area contributed by atoms with Crippen molar-refractivity contribution >= 4 is 11.4 Å². The molecule has 1 aliphatic rings. The molecule has 0 saturated carbocycles. The highest BCUT2D eigenvalue weighted by Crippen LogP contribution is 2.30. The summed E-state index contributed by atoms with van der Waals surface area (Å²) in [5, 5.41) is 0. The predicted octanol–water partition coefficient (Wildman–Crippen LogP) is 2.42. The second-order valence-corrected chi connectivity index (χ2v) is 5.63. The van der Waals surface area contributed by atoms with Crippen LogP contribution in [0.3, 0.4) is 0 Å². The van der Waals surface area contributed by atoms with Gasteiger partial charge in [-0.05, 0) is 31.4 Å². The van der Waals surface area contributed by atoms with Gasteiger partial charge in [-0.15, -0.1) is 0 Å². The number of fused-ring (bicyclic) bond motifs is 1. The highest BCUT2D eigenvalue weighted by Gasteiger charge is 2.30. The Hall–Kier alpha value is -2.63. The fraction of sp³-hybridized carbons (Fsp3) is 0.312.